The van der Waals surface area contributed by atoms with E-state index in [1.807, 2.05) is 0 Å². The first-order chi connectivity index (χ1) is 26.3. The maximum Gasteiger partial charge on any atom is 0.338 e. The summed E-state index contributed by atoms with van der Waals surface area (Å²) in [4.78, 5) is 50.1. The molecule has 5 fully saturated rings. The van der Waals surface area contributed by atoms with Crippen LogP contribution in [0.1, 0.15) is 140 Å². The topological polar surface area (TPSA) is 105 Å². The van der Waals surface area contributed by atoms with Gasteiger partial charge in [0.1, 0.15) is 17.6 Å². The van der Waals surface area contributed by atoms with Crippen LogP contribution in [0.5, 0.6) is 11.5 Å². The van der Waals surface area contributed by atoms with Crippen LogP contribution in [0.4, 0.5) is 0 Å². The van der Waals surface area contributed by atoms with Crippen molar-refractivity contribution in [1.82, 2.24) is 0 Å². The van der Waals surface area contributed by atoms with E-state index in [0.717, 1.165) is 57.8 Å². The fourth-order valence-corrected chi connectivity index (χ4v) is 13.9. The highest BCUT2D eigenvalue weighted by Crippen LogP contribution is 2.77. The van der Waals surface area contributed by atoms with Gasteiger partial charge < -0.3 is 18.9 Å². The molecule has 10 unspecified atom stereocenters. The number of carbonyl (C=O) groups is 4. The Morgan fingerprint density at radius 3 is 1.91 bits per heavy atom. The molecule has 8 nitrogen and oxygen atoms in total. The van der Waals surface area contributed by atoms with Crippen LogP contribution < -0.4 is 9.47 Å². The number of allylic oxidation sites excluding steroid dienone is 1. The second kappa shape index (κ2) is 14.5. The highest BCUT2D eigenvalue weighted by Gasteiger charge is 2.71. The second-order valence-electron chi connectivity index (χ2n) is 19.6. The third kappa shape index (κ3) is 6.61. The minimum Gasteiger partial charge on any atom is -0.461 e. The van der Waals surface area contributed by atoms with Gasteiger partial charge in [-0.3, -0.25) is 9.59 Å². The molecule has 5 saturated carbocycles. The third-order valence-electron chi connectivity index (χ3n) is 16.6. The van der Waals surface area contributed by atoms with Crippen LogP contribution in [0.15, 0.2) is 60.7 Å². The van der Waals surface area contributed by atoms with Gasteiger partial charge in [-0.2, -0.15) is 0 Å². The lowest BCUT2D eigenvalue weighted by molar-refractivity contribution is -0.249. The first kappa shape index (κ1) is 40.3. The van der Waals surface area contributed by atoms with Gasteiger partial charge in [-0.15, -0.1) is 0 Å². The van der Waals surface area contributed by atoms with E-state index in [9.17, 15) is 19.2 Å². The summed E-state index contributed by atoms with van der Waals surface area (Å²) >= 11 is 0. The Kier molecular flexibility index (Phi) is 10.4. The molecule has 5 aliphatic rings. The smallest absolute Gasteiger partial charge is 0.338 e. The predicted molar refractivity (Wildman–Crippen MR) is 214 cm³/mol. The number of esters is 4. The molecule has 0 heterocycles. The molecule has 0 bridgehead atoms. The lowest BCUT2D eigenvalue weighted by Gasteiger charge is -2.73. The van der Waals surface area contributed by atoms with Crippen molar-refractivity contribution in [2.75, 3.05) is 6.61 Å². The van der Waals surface area contributed by atoms with Crippen molar-refractivity contribution < 1.29 is 38.1 Å². The number of carbonyl (C=O) groups excluding carboxylic acids is 4. The Balaban J connectivity index is 1.10. The van der Waals surface area contributed by atoms with Crippen LogP contribution in [0, 0.1) is 56.7 Å². The number of fused-ring (bicyclic) bond motifs is 7. The summed E-state index contributed by atoms with van der Waals surface area (Å²) in [5.41, 5.74) is 2.10. The van der Waals surface area contributed by atoms with E-state index in [4.69, 9.17) is 18.9 Å². The molecule has 7 rings (SSSR count). The number of ether oxygens (including phenoxy) is 4. The van der Waals surface area contributed by atoms with Gasteiger partial charge in [-0.1, -0.05) is 58.9 Å². The van der Waals surface area contributed by atoms with Crippen LogP contribution in [-0.2, 0) is 19.1 Å². The lowest BCUT2D eigenvalue weighted by Crippen LogP contribution is -2.67. The molecular weight excluding hydrogens is 705 g/mol. The Bertz CT molecular complexity index is 1910. The van der Waals surface area contributed by atoms with E-state index in [1.54, 1.807) is 48.5 Å². The molecule has 0 radical (unpaired) electrons. The number of benzene rings is 2. The van der Waals surface area contributed by atoms with Crippen molar-refractivity contribution in [3.63, 3.8) is 0 Å². The molecule has 2 aromatic rings. The lowest BCUT2D eigenvalue weighted by atomic mass is 9.32. The molecule has 2 aromatic carbocycles. The fraction of sp³-hybridized carbons (Fsp3) is 0.625. The number of hydrogen-bond donors (Lipinski definition) is 0. The van der Waals surface area contributed by atoms with Crippen LogP contribution in [-0.4, -0.2) is 36.6 Å². The Morgan fingerprint density at radius 2 is 1.30 bits per heavy atom. The van der Waals surface area contributed by atoms with E-state index in [1.165, 1.54) is 25.8 Å². The van der Waals surface area contributed by atoms with E-state index in [2.05, 4.69) is 48.1 Å². The summed E-state index contributed by atoms with van der Waals surface area (Å²) in [5.74, 6) is 1.34. The standard InChI is InChI=1S/C48H62O8/c1-29(2)36-18-23-48(28-53-42(51)32-12-10-14-34(26-32)54-30(3)49)25-24-46(8)37(41(36)48)16-17-39-45(7)21-20-40(44(5,6)38(45)19-22-47(39,46)9)56-43(52)33-13-11-15-35(27-33)55-31(4)50/h10-15,26-27,36-41H,1,16-25,28H2,2-9H3. The zero-order valence-electron chi connectivity index (χ0n) is 34.8. The summed E-state index contributed by atoms with van der Waals surface area (Å²) in [6, 6.07) is 13.4. The molecular formula is C48H62O8. The zero-order valence-corrected chi connectivity index (χ0v) is 34.8. The normalized spacial score (nSPS) is 36.7. The molecule has 56 heavy (non-hydrogen) atoms. The van der Waals surface area contributed by atoms with Crippen LogP contribution in [0.25, 0.3) is 0 Å². The first-order valence-corrected chi connectivity index (χ1v) is 21.0. The molecule has 0 N–H and O–H groups in total. The number of hydrogen-bond acceptors (Lipinski definition) is 8. The van der Waals surface area contributed by atoms with E-state index in [-0.39, 0.29) is 45.1 Å². The minimum absolute atomic E-state index is 0.0944. The van der Waals surface area contributed by atoms with Gasteiger partial charge in [0.05, 0.1) is 17.7 Å². The van der Waals surface area contributed by atoms with E-state index < -0.39 is 11.9 Å². The summed E-state index contributed by atoms with van der Waals surface area (Å²) in [7, 11) is 0. The molecule has 0 aliphatic heterocycles. The molecule has 5 aliphatic carbocycles. The molecule has 8 heteroatoms. The molecule has 0 spiro atoms. The highest BCUT2D eigenvalue weighted by atomic mass is 16.6. The maximum atomic E-state index is 13.5. The third-order valence-corrected chi connectivity index (χ3v) is 16.6. The fourth-order valence-electron chi connectivity index (χ4n) is 13.9. The Morgan fingerprint density at radius 1 is 0.679 bits per heavy atom. The summed E-state index contributed by atoms with van der Waals surface area (Å²) < 4.78 is 23.1. The van der Waals surface area contributed by atoms with Gasteiger partial charge in [0, 0.05) is 24.7 Å². The van der Waals surface area contributed by atoms with Gasteiger partial charge >= 0.3 is 23.9 Å². The largest absolute Gasteiger partial charge is 0.461 e. The molecule has 302 valence electrons. The quantitative estimate of drug-likeness (QED) is 0.149. The van der Waals surface area contributed by atoms with Crippen LogP contribution >= 0.6 is 0 Å². The monoisotopic (exact) mass is 766 g/mol. The van der Waals surface area contributed by atoms with Gasteiger partial charge in [-0.05, 0) is 153 Å². The SMILES string of the molecule is C=C(C)C1CCC2(COC(=O)c3cccc(OC(C)=O)c3)CCC3(C)C(CCC4C5(C)CCC(OC(=O)c6cccc(OC(C)=O)c6)C(C)(C)C5CCC43C)C12. The van der Waals surface area contributed by atoms with Crippen molar-refractivity contribution in [2.45, 2.75) is 126 Å². The highest BCUT2D eigenvalue weighted by molar-refractivity contribution is 5.90. The first-order valence-electron chi connectivity index (χ1n) is 21.0. The maximum absolute atomic E-state index is 13.5. The van der Waals surface area contributed by atoms with Crippen molar-refractivity contribution in [1.29, 1.82) is 0 Å². The summed E-state index contributed by atoms with van der Waals surface area (Å²) in [6.07, 6.45) is 10.4. The minimum atomic E-state index is -0.427. The van der Waals surface area contributed by atoms with Crippen LogP contribution in [0.2, 0.25) is 0 Å². The number of rotatable bonds is 8. The molecule has 0 aromatic heterocycles. The average Bonchev–Trinajstić information content (AvgIpc) is 3.52. The summed E-state index contributed by atoms with van der Waals surface area (Å²) in [5, 5.41) is 0. The predicted octanol–water partition coefficient (Wildman–Crippen LogP) is 10.6. The molecule has 0 saturated heterocycles. The van der Waals surface area contributed by atoms with Gasteiger partial charge in [0.25, 0.3) is 0 Å². The molecule has 0 amide bonds. The van der Waals surface area contributed by atoms with E-state index >= 15 is 0 Å². The van der Waals surface area contributed by atoms with Gasteiger partial charge in [-0.25, -0.2) is 9.59 Å². The van der Waals surface area contributed by atoms with Crippen LogP contribution in [0.3, 0.4) is 0 Å². The van der Waals surface area contributed by atoms with Crippen molar-refractivity contribution >= 4 is 23.9 Å². The van der Waals surface area contributed by atoms with E-state index in [0.29, 0.717) is 58.8 Å². The van der Waals surface area contributed by atoms with Crippen molar-refractivity contribution in [3.05, 3.63) is 71.8 Å². The second-order valence-corrected chi connectivity index (χ2v) is 19.6. The zero-order chi connectivity index (χ0) is 40.4. The average molecular weight is 767 g/mol. The Labute approximate surface area is 333 Å². The van der Waals surface area contributed by atoms with Gasteiger partial charge in [0.15, 0.2) is 0 Å². The van der Waals surface area contributed by atoms with Gasteiger partial charge in [0.2, 0.25) is 0 Å². The Hall–Kier alpha value is -3.94. The summed E-state index contributed by atoms with van der Waals surface area (Å²) in [6.45, 7) is 22.2. The molecule has 10 atom stereocenters. The van der Waals surface area contributed by atoms with Crippen molar-refractivity contribution in [3.8, 4) is 11.5 Å². The van der Waals surface area contributed by atoms with Crippen molar-refractivity contribution in [2.24, 2.45) is 56.7 Å².